The Bertz CT molecular complexity index is 670. The van der Waals surface area contributed by atoms with Crippen LogP contribution in [0, 0.1) is 17.0 Å². The van der Waals surface area contributed by atoms with Crippen LogP contribution in [0.5, 0.6) is 0 Å². The van der Waals surface area contributed by atoms with Gasteiger partial charge in [0.15, 0.2) is 0 Å². The molecule has 0 fully saturated rings. The van der Waals surface area contributed by atoms with Gasteiger partial charge >= 0.3 is 0 Å². The number of aryl methyl sites for hydroxylation is 1. The van der Waals surface area contributed by atoms with Crippen LogP contribution in [0.3, 0.4) is 0 Å². The highest BCUT2D eigenvalue weighted by Crippen LogP contribution is 2.19. The van der Waals surface area contributed by atoms with Gasteiger partial charge < -0.3 is 11.1 Å². The quantitative estimate of drug-likeness (QED) is 0.646. The summed E-state index contributed by atoms with van der Waals surface area (Å²) in [5.74, 6) is -0.415. The number of nitrogens with two attached hydrogens (primary N) is 1. The third kappa shape index (κ3) is 3.06. The molecule has 0 aliphatic rings. The van der Waals surface area contributed by atoms with Crippen molar-refractivity contribution < 1.29 is 9.72 Å². The van der Waals surface area contributed by atoms with E-state index in [1.807, 2.05) is 0 Å². The van der Waals surface area contributed by atoms with E-state index in [1.54, 1.807) is 6.92 Å². The predicted molar refractivity (Wildman–Crippen MR) is 73.3 cm³/mol. The molecular weight excluding hydrogens is 282 g/mol. The maximum atomic E-state index is 11.9. The molecule has 0 atom stereocenters. The van der Waals surface area contributed by atoms with Gasteiger partial charge in [0, 0.05) is 17.2 Å². The molecule has 2 rings (SSSR count). The van der Waals surface area contributed by atoms with E-state index in [2.05, 4.69) is 15.5 Å². The maximum absolute atomic E-state index is 11.9. The number of nitro benzene ring substituents is 1. The Kier molecular flexibility index (Phi) is 3.89. The summed E-state index contributed by atoms with van der Waals surface area (Å²) in [4.78, 5) is 22.2. The number of carbonyl (C=O) groups excluding carboxylic acids is 1. The zero-order valence-corrected chi connectivity index (χ0v) is 11.3. The lowest BCUT2D eigenvalue weighted by molar-refractivity contribution is -0.385. The summed E-state index contributed by atoms with van der Waals surface area (Å²) >= 11 is 1.17. The number of rotatable bonds is 4. The van der Waals surface area contributed by atoms with E-state index in [0.29, 0.717) is 15.7 Å². The summed E-state index contributed by atoms with van der Waals surface area (Å²) in [5.41, 5.74) is 6.06. The first-order valence-electron chi connectivity index (χ1n) is 5.58. The number of benzene rings is 1. The van der Waals surface area contributed by atoms with Gasteiger partial charge in [0.05, 0.1) is 11.5 Å². The predicted octanol–water partition coefficient (Wildman–Crippen LogP) is 1.27. The molecule has 3 N–H and O–H groups in total. The summed E-state index contributed by atoms with van der Waals surface area (Å²) in [6, 6.07) is 4.32. The first kappa shape index (κ1) is 13.9. The molecule has 1 amide bonds. The minimum Gasteiger partial charge on any atom is -0.374 e. The Morgan fingerprint density at radius 3 is 2.85 bits per heavy atom. The van der Waals surface area contributed by atoms with Crippen LogP contribution in [0.4, 0.5) is 10.8 Å². The number of aromatic nitrogens is 2. The van der Waals surface area contributed by atoms with Crippen molar-refractivity contribution in [2.24, 2.45) is 0 Å². The molecule has 2 aromatic rings. The minimum absolute atomic E-state index is 0.0854. The largest absolute Gasteiger partial charge is 0.374 e. The number of nitrogens with one attached hydrogen (secondary N) is 1. The van der Waals surface area contributed by atoms with Crippen molar-refractivity contribution in [3.63, 3.8) is 0 Å². The number of nitrogen functional groups attached to an aromatic ring is 1. The Labute approximate surface area is 117 Å². The summed E-state index contributed by atoms with van der Waals surface area (Å²) < 4.78 is 0. The number of nitro groups is 1. The fourth-order valence-corrected chi connectivity index (χ4v) is 2.09. The average molecular weight is 293 g/mol. The highest BCUT2D eigenvalue weighted by atomic mass is 32.1. The second kappa shape index (κ2) is 5.61. The van der Waals surface area contributed by atoms with E-state index in [4.69, 9.17) is 5.73 Å². The van der Waals surface area contributed by atoms with Crippen LogP contribution in [-0.4, -0.2) is 21.0 Å². The van der Waals surface area contributed by atoms with E-state index in [-0.39, 0.29) is 17.8 Å². The molecule has 0 saturated carbocycles. The van der Waals surface area contributed by atoms with Crippen LogP contribution in [-0.2, 0) is 6.54 Å². The van der Waals surface area contributed by atoms with Crippen LogP contribution in [0.15, 0.2) is 18.2 Å². The molecule has 9 heteroatoms. The summed E-state index contributed by atoms with van der Waals surface area (Å²) in [6.45, 7) is 1.79. The first-order chi connectivity index (χ1) is 9.47. The lowest BCUT2D eigenvalue weighted by Crippen LogP contribution is -2.22. The molecule has 0 radical (unpaired) electrons. The molecule has 20 heavy (non-hydrogen) atoms. The Morgan fingerprint density at radius 2 is 2.25 bits per heavy atom. The fourth-order valence-electron chi connectivity index (χ4n) is 1.54. The Balaban J connectivity index is 2.09. The molecule has 1 heterocycles. The van der Waals surface area contributed by atoms with E-state index < -0.39 is 10.8 Å². The molecule has 1 aromatic heterocycles. The van der Waals surface area contributed by atoms with Gasteiger partial charge in [-0.15, -0.1) is 10.2 Å². The van der Waals surface area contributed by atoms with E-state index in [9.17, 15) is 14.9 Å². The second-order valence-electron chi connectivity index (χ2n) is 3.98. The highest BCUT2D eigenvalue weighted by molar-refractivity contribution is 7.15. The minimum atomic E-state index is -0.516. The topological polar surface area (TPSA) is 124 Å². The van der Waals surface area contributed by atoms with Crippen molar-refractivity contribution in [3.8, 4) is 0 Å². The molecule has 0 unspecified atom stereocenters. The number of carbonyl (C=O) groups is 1. The zero-order chi connectivity index (χ0) is 14.7. The lowest BCUT2D eigenvalue weighted by atomic mass is 10.1. The van der Waals surface area contributed by atoms with Crippen molar-refractivity contribution >= 4 is 28.1 Å². The number of nitrogens with zero attached hydrogens (tertiary/aromatic N) is 3. The van der Waals surface area contributed by atoms with Crippen LogP contribution in [0.25, 0.3) is 0 Å². The van der Waals surface area contributed by atoms with Gasteiger partial charge in [-0.05, 0) is 13.0 Å². The smallest absolute Gasteiger partial charge is 0.273 e. The van der Waals surface area contributed by atoms with Crippen molar-refractivity contribution in [2.45, 2.75) is 13.5 Å². The Morgan fingerprint density at radius 1 is 1.50 bits per heavy atom. The standard InChI is InChI=1S/C11H11N5O3S/c1-6-2-3-7(4-8(6)16(18)19)10(17)13-5-9-14-15-11(12)20-9/h2-4H,5H2,1H3,(H2,12,15)(H,13,17). The van der Waals surface area contributed by atoms with Gasteiger partial charge in [0.1, 0.15) is 5.01 Å². The molecule has 0 aliphatic heterocycles. The number of anilines is 1. The normalized spacial score (nSPS) is 10.2. The SMILES string of the molecule is Cc1ccc(C(=O)NCc2nnc(N)s2)cc1[N+](=O)[O-]. The maximum Gasteiger partial charge on any atom is 0.273 e. The monoisotopic (exact) mass is 293 g/mol. The van der Waals surface area contributed by atoms with E-state index >= 15 is 0 Å². The van der Waals surface area contributed by atoms with Gasteiger partial charge in [-0.2, -0.15) is 0 Å². The Hall–Kier alpha value is -2.55. The molecule has 1 aromatic carbocycles. The van der Waals surface area contributed by atoms with Crippen LogP contribution in [0.2, 0.25) is 0 Å². The van der Waals surface area contributed by atoms with Crippen molar-refractivity contribution in [1.29, 1.82) is 0 Å². The molecule has 0 saturated heterocycles. The van der Waals surface area contributed by atoms with Crippen LogP contribution in [0.1, 0.15) is 20.9 Å². The number of hydrogen-bond donors (Lipinski definition) is 2. The molecule has 104 valence electrons. The lowest BCUT2D eigenvalue weighted by Gasteiger charge is -2.04. The van der Waals surface area contributed by atoms with Crippen molar-refractivity contribution in [1.82, 2.24) is 15.5 Å². The molecule has 0 spiro atoms. The summed E-state index contributed by atoms with van der Waals surface area (Å²) in [6.07, 6.45) is 0. The third-order valence-corrected chi connectivity index (χ3v) is 3.30. The second-order valence-corrected chi connectivity index (χ2v) is 5.07. The number of hydrogen-bond acceptors (Lipinski definition) is 7. The number of amides is 1. The molecule has 0 bridgehead atoms. The summed E-state index contributed by atoms with van der Waals surface area (Å²) in [7, 11) is 0. The van der Waals surface area contributed by atoms with Crippen LogP contribution < -0.4 is 11.1 Å². The highest BCUT2D eigenvalue weighted by Gasteiger charge is 2.15. The van der Waals surface area contributed by atoms with Gasteiger partial charge in [-0.1, -0.05) is 17.4 Å². The van der Waals surface area contributed by atoms with Crippen molar-refractivity contribution in [3.05, 3.63) is 44.4 Å². The van der Waals surface area contributed by atoms with Crippen LogP contribution >= 0.6 is 11.3 Å². The van der Waals surface area contributed by atoms with Gasteiger partial charge in [-0.3, -0.25) is 14.9 Å². The first-order valence-corrected chi connectivity index (χ1v) is 6.40. The van der Waals surface area contributed by atoms with E-state index in [0.717, 1.165) is 0 Å². The van der Waals surface area contributed by atoms with Gasteiger partial charge in [0.25, 0.3) is 11.6 Å². The van der Waals surface area contributed by atoms with Gasteiger partial charge in [-0.25, -0.2) is 0 Å². The fraction of sp³-hybridized carbons (Fsp3) is 0.182. The molecular formula is C11H11N5O3S. The molecule has 8 nitrogen and oxygen atoms in total. The van der Waals surface area contributed by atoms with Gasteiger partial charge in [0.2, 0.25) is 5.13 Å². The van der Waals surface area contributed by atoms with Crippen molar-refractivity contribution in [2.75, 3.05) is 5.73 Å². The summed E-state index contributed by atoms with van der Waals surface area (Å²) in [5, 5.41) is 21.7. The molecule has 0 aliphatic carbocycles. The van der Waals surface area contributed by atoms with E-state index in [1.165, 1.54) is 29.5 Å². The third-order valence-electron chi connectivity index (χ3n) is 2.55. The average Bonchev–Trinajstić information content (AvgIpc) is 2.82. The zero-order valence-electron chi connectivity index (χ0n) is 10.5.